The molecule has 0 aromatic rings. The Morgan fingerprint density at radius 2 is 2.05 bits per heavy atom. The minimum atomic E-state index is -1.92. The molecule has 0 N–H and O–H groups in total. The Labute approximate surface area is 116 Å². The fourth-order valence-electron chi connectivity index (χ4n) is 2.01. The van der Waals surface area contributed by atoms with Crippen LogP contribution in [0, 0.1) is 0 Å². The maximum Gasteiger partial charge on any atom is 0.260 e. The summed E-state index contributed by atoms with van der Waals surface area (Å²) in [4.78, 5) is 24.2. The Morgan fingerprint density at radius 3 is 2.53 bits per heavy atom. The van der Waals surface area contributed by atoms with Gasteiger partial charge in [-0.25, -0.2) is 0 Å². The zero-order chi connectivity index (χ0) is 14.6. The first-order valence-corrected chi connectivity index (χ1v) is 9.39. The summed E-state index contributed by atoms with van der Waals surface area (Å²) in [6.07, 6.45) is -0.717. The first-order chi connectivity index (χ1) is 8.56. The van der Waals surface area contributed by atoms with E-state index in [9.17, 15) is 9.59 Å². The number of fused-ring (bicyclic) bond motifs is 1. The van der Waals surface area contributed by atoms with E-state index in [1.165, 1.54) is 0 Å². The Kier molecular flexibility index (Phi) is 3.44. The van der Waals surface area contributed by atoms with Crippen molar-refractivity contribution in [1.29, 1.82) is 0 Å². The predicted molar refractivity (Wildman–Crippen MR) is 73.6 cm³/mol. The van der Waals surface area contributed by atoms with Gasteiger partial charge in [0.2, 0.25) is 7.85 Å². The lowest BCUT2D eigenvalue weighted by Crippen LogP contribution is -2.49. The largest absolute Gasteiger partial charge is 0.415 e. The van der Waals surface area contributed by atoms with Crippen molar-refractivity contribution in [3.05, 3.63) is 0 Å². The average Bonchev–Trinajstić information content (AvgIpc) is 2.96. The van der Waals surface area contributed by atoms with Gasteiger partial charge in [-0.1, -0.05) is 20.8 Å². The first-order valence-electron chi connectivity index (χ1n) is 6.48. The average molecular weight is 281 g/mol. The lowest BCUT2D eigenvalue weighted by atomic mass is 10.1. The third-order valence-corrected chi connectivity index (χ3v) is 8.88. The molecule has 2 heterocycles. The minimum Gasteiger partial charge on any atom is -0.415 e. The molecule has 0 spiro atoms. The van der Waals surface area contributed by atoms with E-state index in [2.05, 4.69) is 33.9 Å². The fourth-order valence-corrected chi connectivity index (χ4v) is 3.03. The SMILES string of the molecule is [B]C(=O)N1C(=O)C2OC2[C@H]1CO[Si](C)(C)C(C)(C)C. The molecule has 0 aromatic carbocycles. The van der Waals surface area contributed by atoms with Crippen LogP contribution in [0.15, 0.2) is 0 Å². The highest BCUT2D eigenvalue weighted by Gasteiger charge is 2.62. The standard InChI is InChI=1S/C12H20BNO4Si/c1-12(2,3)19(4,5)17-6-7-8-9(18-8)10(15)14(7)11(13)16/h7-9H,6H2,1-5H3/t7-,8?,9?/m1/s1. The number of hydrogen-bond acceptors (Lipinski definition) is 4. The van der Waals surface area contributed by atoms with E-state index in [1.807, 2.05) is 0 Å². The zero-order valence-corrected chi connectivity index (χ0v) is 13.1. The van der Waals surface area contributed by atoms with Crippen LogP contribution < -0.4 is 0 Å². The lowest BCUT2D eigenvalue weighted by molar-refractivity contribution is -0.130. The van der Waals surface area contributed by atoms with Gasteiger partial charge in [0.25, 0.3) is 5.91 Å². The number of rotatable bonds is 3. The fraction of sp³-hybridized carbons (Fsp3) is 0.833. The third-order valence-electron chi connectivity index (χ3n) is 4.38. The van der Waals surface area contributed by atoms with Crippen LogP contribution >= 0.6 is 0 Å². The Balaban J connectivity index is 2.03. The quantitative estimate of drug-likeness (QED) is 0.577. The van der Waals surface area contributed by atoms with Crippen molar-refractivity contribution >= 4 is 27.9 Å². The number of amides is 2. The Morgan fingerprint density at radius 1 is 1.47 bits per heavy atom. The topological polar surface area (TPSA) is 59.1 Å². The summed E-state index contributed by atoms with van der Waals surface area (Å²) in [6, 6.07) is -0.371. The van der Waals surface area contributed by atoms with E-state index >= 15 is 0 Å². The van der Waals surface area contributed by atoms with E-state index in [4.69, 9.17) is 17.0 Å². The van der Waals surface area contributed by atoms with Crippen molar-refractivity contribution in [2.24, 2.45) is 0 Å². The molecular weight excluding hydrogens is 261 g/mol. The van der Waals surface area contributed by atoms with Gasteiger partial charge in [0.05, 0.1) is 12.6 Å². The molecule has 3 atom stereocenters. The van der Waals surface area contributed by atoms with Crippen LogP contribution in [0.5, 0.6) is 0 Å². The van der Waals surface area contributed by atoms with Gasteiger partial charge in [0.15, 0.2) is 20.2 Å². The molecule has 104 valence electrons. The monoisotopic (exact) mass is 281 g/mol. The lowest BCUT2D eigenvalue weighted by Gasteiger charge is -2.37. The number of morpholine rings is 1. The predicted octanol–water partition coefficient (Wildman–Crippen LogP) is 1.27. The number of imide groups is 1. The third kappa shape index (κ3) is 2.51. The molecule has 0 aromatic heterocycles. The molecule has 2 radical (unpaired) electrons. The molecule has 19 heavy (non-hydrogen) atoms. The molecule has 7 heteroatoms. The van der Waals surface area contributed by atoms with Crippen LogP contribution in [-0.2, 0) is 14.0 Å². The first kappa shape index (κ1) is 14.7. The summed E-state index contributed by atoms with van der Waals surface area (Å²) < 4.78 is 11.3. The highest BCUT2D eigenvalue weighted by molar-refractivity contribution is 6.74. The van der Waals surface area contributed by atoms with Crippen LogP contribution in [0.4, 0.5) is 4.79 Å². The molecule has 5 nitrogen and oxygen atoms in total. The molecule has 2 saturated heterocycles. The maximum atomic E-state index is 11.8. The number of likely N-dealkylation sites (tertiary alicyclic amines) is 1. The van der Waals surface area contributed by atoms with Crippen molar-refractivity contribution in [1.82, 2.24) is 4.90 Å². The van der Waals surface area contributed by atoms with E-state index in [0.717, 1.165) is 4.90 Å². The van der Waals surface area contributed by atoms with Gasteiger partial charge in [-0.2, -0.15) is 0 Å². The maximum absolute atomic E-state index is 11.8. The van der Waals surface area contributed by atoms with Crippen LogP contribution in [0.1, 0.15) is 20.8 Å². The molecule has 0 bridgehead atoms. The number of hydrogen-bond donors (Lipinski definition) is 0. The van der Waals surface area contributed by atoms with Crippen molar-refractivity contribution in [2.75, 3.05) is 6.61 Å². The van der Waals surface area contributed by atoms with E-state index in [0.29, 0.717) is 6.61 Å². The van der Waals surface area contributed by atoms with Crippen molar-refractivity contribution in [2.45, 2.75) is 57.2 Å². The van der Waals surface area contributed by atoms with Gasteiger partial charge >= 0.3 is 0 Å². The summed E-state index contributed by atoms with van der Waals surface area (Å²) in [5.74, 6) is -1.05. The number of nitrogens with zero attached hydrogens (tertiary/aromatic N) is 1. The van der Waals surface area contributed by atoms with E-state index in [1.54, 1.807) is 0 Å². The summed E-state index contributed by atoms with van der Waals surface area (Å²) in [7, 11) is 3.34. The molecule has 2 unspecified atom stereocenters. The van der Waals surface area contributed by atoms with Gasteiger partial charge in [-0.3, -0.25) is 14.5 Å². The van der Waals surface area contributed by atoms with Crippen LogP contribution in [0.25, 0.3) is 0 Å². The Bertz CT molecular complexity index is 420. The van der Waals surface area contributed by atoms with Gasteiger partial charge in [-0.15, -0.1) is 0 Å². The van der Waals surface area contributed by atoms with Crippen LogP contribution in [0.3, 0.4) is 0 Å². The highest BCUT2D eigenvalue weighted by Crippen LogP contribution is 2.40. The molecule has 0 aliphatic carbocycles. The second-order valence-electron chi connectivity index (χ2n) is 6.71. The normalized spacial score (nSPS) is 30.5. The number of carbonyl (C=O) groups is 2. The smallest absolute Gasteiger partial charge is 0.260 e. The minimum absolute atomic E-state index is 0.0803. The van der Waals surface area contributed by atoms with Gasteiger partial charge in [-0.05, 0) is 18.1 Å². The van der Waals surface area contributed by atoms with Gasteiger partial charge in [0, 0.05) is 0 Å². The highest BCUT2D eigenvalue weighted by atomic mass is 28.4. The molecular formula is C12H20BNO4Si. The van der Waals surface area contributed by atoms with Gasteiger partial charge in [0.1, 0.15) is 6.10 Å². The van der Waals surface area contributed by atoms with Crippen molar-refractivity contribution in [3.63, 3.8) is 0 Å². The number of epoxide rings is 1. The molecule has 2 aliphatic rings. The second kappa shape index (κ2) is 4.43. The van der Waals surface area contributed by atoms with Gasteiger partial charge < -0.3 is 9.16 Å². The summed E-state index contributed by atoms with van der Waals surface area (Å²) in [6.45, 7) is 11.0. The summed E-state index contributed by atoms with van der Waals surface area (Å²) in [5, 5.41) is 0.0803. The van der Waals surface area contributed by atoms with E-state index < -0.39 is 20.2 Å². The second-order valence-corrected chi connectivity index (χ2v) is 11.5. The summed E-state index contributed by atoms with van der Waals surface area (Å²) in [5.41, 5.74) is 0. The Hall–Kier alpha value is -0.658. The number of carbonyl (C=O) groups excluding carboxylic acids is 2. The number of ether oxygens (including phenoxy) is 1. The molecule has 2 fully saturated rings. The van der Waals surface area contributed by atoms with Crippen molar-refractivity contribution in [3.8, 4) is 0 Å². The molecule has 2 amide bonds. The molecule has 0 saturated carbocycles. The van der Waals surface area contributed by atoms with E-state index in [-0.39, 0.29) is 23.1 Å². The molecule has 2 rings (SSSR count). The van der Waals surface area contributed by atoms with Crippen LogP contribution in [-0.4, -0.2) is 57.6 Å². The summed E-state index contributed by atoms with van der Waals surface area (Å²) >= 11 is 0. The zero-order valence-electron chi connectivity index (χ0n) is 12.1. The molecule has 2 aliphatic heterocycles. The van der Waals surface area contributed by atoms with Crippen molar-refractivity contribution < 1.29 is 18.8 Å². The van der Waals surface area contributed by atoms with Crippen LogP contribution in [0.2, 0.25) is 18.1 Å².